The first kappa shape index (κ1) is 15.5. The molecule has 1 aromatic rings. The largest absolute Gasteiger partial charge is 0.381 e. The van der Waals surface area contributed by atoms with E-state index in [1.807, 2.05) is 18.7 Å². The fourth-order valence-electron chi connectivity index (χ4n) is 1.53. The second-order valence-corrected chi connectivity index (χ2v) is 6.17. The summed E-state index contributed by atoms with van der Waals surface area (Å²) in [5, 5.41) is 0. The van der Waals surface area contributed by atoms with Crippen LogP contribution in [0.25, 0.3) is 0 Å². The van der Waals surface area contributed by atoms with Crippen LogP contribution in [0.1, 0.15) is 38.8 Å². The maximum absolute atomic E-state index is 5.87. The Labute approximate surface area is 115 Å². The van der Waals surface area contributed by atoms with E-state index in [9.17, 15) is 0 Å². The second-order valence-electron chi connectivity index (χ2n) is 5.00. The zero-order valence-corrected chi connectivity index (χ0v) is 12.5. The van der Waals surface area contributed by atoms with E-state index in [1.54, 1.807) is 0 Å². The van der Waals surface area contributed by atoms with Crippen LogP contribution >= 0.6 is 11.8 Å². The van der Waals surface area contributed by atoms with Gasteiger partial charge in [0.25, 0.3) is 0 Å². The van der Waals surface area contributed by atoms with Crippen LogP contribution in [0, 0.1) is 5.92 Å². The lowest BCUT2D eigenvalue weighted by atomic mass is 10.1. The lowest BCUT2D eigenvalue weighted by Crippen LogP contribution is -2.05. The van der Waals surface area contributed by atoms with Gasteiger partial charge in [-0.3, -0.25) is 0 Å². The molecule has 0 aliphatic heterocycles. The number of thioether (sulfide) groups is 1. The first-order valence-corrected chi connectivity index (χ1v) is 7.64. The molecule has 18 heavy (non-hydrogen) atoms. The minimum absolute atomic E-state index is 0.104. The molecule has 3 heteroatoms. The Balaban J connectivity index is 2.21. The molecule has 0 radical (unpaired) electrons. The zero-order valence-electron chi connectivity index (χ0n) is 11.7. The maximum atomic E-state index is 5.87. The van der Waals surface area contributed by atoms with Gasteiger partial charge in [0.2, 0.25) is 0 Å². The molecule has 1 rings (SSSR count). The van der Waals surface area contributed by atoms with Crippen LogP contribution in [0.2, 0.25) is 0 Å². The SMILES string of the molecule is CC(C)CCOCCSc1cccc(C(C)N)c1. The Kier molecular flexibility index (Phi) is 7.40. The average Bonchev–Trinajstić information content (AvgIpc) is 2.33. The van der Waals surface area contributed by atoms with E-state index < -0.39 is 0 Å². The predicted octanol–water partition coefficient (Wildman–Crippen LogP) is 3.86. The minimum atomic E-state index is 0.104. The molecule has 1 atom stereocenters. The third-order valence-electron chi connectivity index (χ3n) is 2.72. The first-order chi connectivity index (χ1) is 8.59. The van der Waals surface area contributed by atoms with Crippen molar-refractivity contribution in [3.63, 3.8) is 0 Å². The fraction of sp³-hybridized carbons (Fsp3) is 0.600. The lowest BCUT2D eigenvalue weighted by Gasteiger charge is -2.09. The van der Waals surface area contributed by atoms with E-state index in [0.29, 0.717) is 0 Å². The monoisotopic (exact) mass is 267 g/mol. The number of rotatable bonds is 8. The van der Waals surface area contributed by atoms with Crippen LogP contribution in [-0.2, 0) is 4.74 Å². The summed E-state index contributed by atoms with van der Waals surface area (Å²) in [7, 11) is 0. The van der Waals surface area contributed by atoms with Gasteiger partial charge in [-0.25, -0.2) is 0 Å². The van der Waals surface area contributed by atoms with Crippen LogP contribution in [0.4, 0.5) is 0 Å². The first-order valence-electron chi connectivity index (χ1n) is 6.65. The van der Waals surface area contributed by atoms with E-state index in [4.69, 9.17) is 10.5 Å². The number of hydrogen-bond acceptors (Lipinski definition) is 3. The third kappa shape index (κ3) is 6.43. The predicted molar refractivity (Wildman–Crippen MR) is 80.0 cm³/mol. The molecule has 0 aliphatic rings. The number of hydrogen-bond donors (Lipinski definition) is 1. The molecule has 1 unspecified atom stereocenters. The van der Waals surface area contributed by atoms with Crippen molar-refractivity contribution in [3.8, 4) is 0 Å². The summed E-state index contributed by atoms with van der Waals surface area (Å²) in [6.45, 7) is 8.14. The highest BCUT2D eigenvalue weighted by Gasteiger charge is 2.01. The Morgan fingerprint density at radius 1 is 1.22 bits per heavy atom. The average molecular weight is 267 g/mol. The van der Waals surface area contributed by atoms with Crippen LogP contribution in [0.3, 0.4) is 0 Å². The maximum Gasteiger partial charge on any atom is 0.0560 e. The van der Waals surface area contributed by atoms with Gasteiger partial charge >= 0.3 is 0 Å². The molecule has 0 amide bonds. The molecule has 0 saturated heterocycles. The summed E-state index contributed by atoms with van der Waals surface area (Å²) >= 11 is 1.83. The van der Waals surface area contributed by atoms with Crippen molar-refractivity contribution in [1.29, 1.82) is 0 Å². The smallest absolute Gasteiger partial charge is 0.0560 e. The Morgan fingerprint density at radius 2 is 2.00 bits per heavy atom. The van der Waals surface area contributed by atoms with Gasteiger partial charge in [0, 0.05) is 23.3 Å². The molecule has 0 aliphatic carbocycles. The van der Waals surface area contributed by atoms with E-state index >= 15 is 0 Å². The molecular formula is C15H25NOS. The lowest BCUT2D eigenvalue weighted by molar-refractivity contribution is 0.138. The van der Waals surface area contributed by atoms with Crippen LogP contribution in [0.5, 0.6) is 0 Å². The molecule has 0 saturated carbocycles. The van der Waals surface area contributed by atoms with Crippen LogP contribution in [-0.4, -0.2) is 19.0 Å². The van der Waals surface area contributed by atoms with Crippen molar-refractivity contribution in [2.24, 2.45) is 11.7 Å². The van der Waals surface area contributed by atoms with Gasteiger partial charge in [-0.2, -0.15) is 0 Å². The summed E-state index contributed by atoms with van der Waals surface area (Å²) in [5.41, 5.74) is 7.07. The standard InChI is InChI=1S/C15H25NOS/c1-12(2)7-8-17-9-10-18-15-6-4-5-14(11-15)13(3)16/h4-6,11-13H,7-10,16H2,1-3H3. The van der Waals surface area contributed by atoms with Gasteiger partial charge in [0.15, 0.2) is 0 Å². The molecule has 0 spiro atoms. The van der Waals surface area contributed by atoms with Crippen molar-refractivity contribution in [2.45, 2.75) is 38.1 Å². The molecule has 0 bridgehead atoms. The molecule has 2 N–H and O–H groups in total. The van der Waals surface area contributed by atoms with E-state index in [-0.39, 0.29) is 6.04 Å². The van der Waals surface area contributed by atoms with E-state index in [0.717, 1.165) is 31.3 Å². The normalized spacial score (nSPS) is 12.9. The summed E-state index contributed by atoms with van der Waals surface area (Å²) in [4.78, 5) is 1.28. The Morgan fingerprint density at radius 3 is 2.67 bits per heavy atom. The quantitative estimate of drug-likeness (QED) is 0.574. The van der Waals surface area contributed by atoms with Gasteiger partial charge in [-0.05, 0) is 37.0 Å². The fourth-order valence-corrected chi connectivity index (χ4v) is 2.36. The van der Waals surface area contributed by atoms with Crippen LogP contribution < -0.4 is 5.73 Å². The van der Waals surface area contributed by atoms with E-state index in [2.05, 4.69) is 38.1 Å². The number of benzene rings is 1. The zero-order chi connectivity index (χ0) is 13.4. The van der Waals surface area contributed by atoms with Crippen molar-refractivity contribution < 1.29 is 4.74 Å². The second kappa shape index (κ2) is 8.57. The van der Waals surface area contributed by atoms with Crippen molar-refractivity contribution >= 4 is 11.8 Å². The molecule has 0 fully saturated rings. The molecule has 2 nitrogen and oxygen atoms in total. The minimum Gasteiger partial charge on any atom is -0.381 e. The summed E-state index contributed by atoms with van der Waals surface area (Å²) in [6, 6.07) is 8.55. The van der Waals surface area contributed by atoms with Crippen molar-refractivity contribution in [2.75, 3.05) is 19.0 Å². The van der Waals surface area contributed by atoms with Crippen molar-refractivity contribution in [1.82, 2.24) is 0 Å². The third-order valence-corrected chi connectivity index (χ3v) is 3.68. The van der Waals surface area contributed by atoms with Crippen molar-refractivity contribution in [3.05, 3.63) is 29.8 Å². The highest BCUT2D eigenvalue weighted by atomic mass is 32.2. The molecule has 0 aromatic heterocycles. The number of nitrogens with two attached hydrogens (primary N) is 1. The van der Waals surface area contributed by atoms with Gasteiger partial charge in [-0.1, -0.05) is 26.0 Å². The molecule has 102 valence electrons. The van der Waals surface area contributed by atoms with Crippen LogP contribution in [0.15, 0.2) is 29.2 Å². The summed E-state index contributed by atoms with van der Waals surface area (Å²) in [6.07, 6.45) is 1.14. The number of ether oxygens (including phenoxy) is 1. The van der Waals surface area contributed by atoms with Gasteiger partial charge in [0.1, 0.15) is 0 Å². The highest BCUT2D eigenvalue weighted by molar-refractivity contribution is 7.99. The summed E-state index contributed by atoms with van der Waals surface area (Å²) < 4.78 is 5.60. The topological polar surface area (TPSA) is 35.2 Å². The molecular weight excluding hydrogens is 242 g/mol. The Bertz CT molecular complexity index is 339. The van der Waals surface area contributed by atoms with Gasteiger partial charge in [-0.15, -0.1) is 11.8 Å². The molecule has 1 aromatic carbocycles. The Hall–Kier alpha value is -0.510. The summed E-state index contributed by atoms with van der Waals surface area (Å²) in [5.74, 6) is 1.72. The molecule has 0 heterocycles. The van der Waals surface area contributed by atoms with Gasteiger partial charge in [0.05, 0.1) is 6.61 Å². The van der Waals surface area contributed by atoms with Gasteiger partial charge < -0.3 is 10.5 Å². The van der Waals surface area contributed by atoms with E-state index in [1.165, 1.54) is 10.5 Å². The highest BCUT2D eigenvalue weighted by Crippen LogP contribution is 2.21.